The zero-order valence-corrected chi connectivity index (χ0v) is 13.3. The molecule has 116 valence electrons. The van der Waals surface area contributed by atoms with Crippen LogP contribution < -0.4 is 5.73 Å². The number of carbonyl (C=O) groups excluding carboxylic acids is 1. The van der Waals surface area contributed by atoms with E-state index in [1.807, 2.05) is 20.8 Å². The smallest absolute Gasteiger partial charge is 0.410 e. The van der Waals surface area contributed by atoms with Gasteiger partial charge in [-0.15, -0.1) is 0 Å². The van der Waals surface area contributed by atoms with Crippen LogP contribution in [-0.2, 0) is 4.74 Å². The molecule has 0 aromatic carbocycles. The quantitative estimate of drug-likeness (QED) is 0.771. The number of hydrogen-bond donors (Lipinski definition) is 2. The first-order valence-electron chi connectivity index (χ1n) is 7.35. The summed E-state index contributed by atoms with van der Waals surface area (Å²) in [4.78, 5) is 13.5. The highest BCUT2D eigenvalue weighted by molar-refractivity contribution is 5.70. The van der Waals surface area contributed by atoms with Gasteiger partial charge in [0, 0.05) is 13.1 Å². The maximum atomic E-state index is 11.9. The van der Waals surface area contributed by atoms with Crippen LogP contribution in [0.2, 0.25) is 0 Å². The average molecular weight is 284 g/mol. The molecule has 1 saturated heterocycles. The van der Waals surface area contributed by atoms with Crippen molar-refractivity contribution < 1.29 is 14.6 Å². The Kier molecular flexibility index (Phi) is 3.38. The van der Waals surface area contributed by atoms with Crippen molar-refractivity contribution in [2.24, 2.45) is 11.1 Å². The molecule has 0 aromatic heterocycles. The molecule has 0 bridgehead atoms. The Bertz CT molecular complexity index is 408. The van der Waals surface area contributed by atoms with E-state index in [-0.39, 0.29) is 11.5 Å². The number of carbonyl (C=O) groups is 1. The number of aliphatic hydroxyl groups is 1. The summed E-state index contributed by atoms with van der Waals surface area (Å²) in [7, 11) is 0. The van der Waals surface area contributed by atoms with Crippen LogP contribution in [0.1, 0.15) is 53.9 Å². The SMILES string of the molecule is CC1(C)CCC(O)(C2(N)CN(C(=O)OC(C)(C)C)C2)C1. The fraction of sp³-hybridized carbons (Fsp3) is 0.933. The van der Waals surface area contributed by atoms with Gasteiger partial charge >= 0.3 is 6.09 Å². The topological polar surface area (TPSA) is 75.8 Å². The zero-order chi connectivity index (χ0) is 15.4. The molecular formula is C15H28N2O3. The van der Waals surface area contributed by atoms with Gasteiger partial charge in [-0.2, -0.15) is 0 Å². The molecule has 1 unspecified atom stereocenters. The summed E-state index contributed by atoms with van der Waals surface area (Å²) < 4.78 is 5.32. The maximum absolute atomic E-state index is 11.9. The molecule has 2 aliphatic rings. The van der Waals surface area contributed by atoms with Crippen LogP contribution in [0.5, 0.6) is 0 Å². The largest absolute Gasteiger partial charge is 0.444 e. The van der Waals surface area contributed by atoms with E-state index in [0.29, 0.717) is 25.9 Å². The Morgan fingerprint density at radius 3 is 2.20 bits per heavy atom. The van der Waals surface area contributed by atoms with Crippen molar-refractivity contribution in [1.82, 2.24) is 4.90 Å². The third-order valence-corrected chi connectivity index (χ3v) is 4.51. The van der Waals surface area contributed by atoms with Crippen LogP contribution >= 0.6 is 0 Å². The lowest BCUT2D eigenvalue weighted by Crippen LogP contribution is -2.78. The molecule has 20 heavy (non-hydrogen) atoms. The standard InChI is InChI=1S/C15H28N2O3/c1-12(2,3)20-11(18)17-9-14(16,10-17)15(19)7-6-13(4,5)8-15/h19H,6-10,16H2,1-5H3. The van der Waals surface area contributed by atoms with Gasteiger partial charge in [0.25, 0.3) is 0 Å². The van der Waals surface area contributed by atoms with E-state index in [4.69, 9.17) is 10.5 Å². The number of nitrogens with zero attached hydrogens (tertiary/aromatic N) is 1. The normalized spacial score (nSPS) is 31.9. The molecule has 2 fully saturated rings. The van der Waals surface area contributed by atoms with E-state index in [1.54, 1.807) is 4.90 Å². The maximum Gasteiger partial charge on any atom is 0.410 e. The second-order valence-electron chi connectivity index (χ2n) is 8.37. The minimum Gasteiger partial charge on any atom is -0.444 e. The molecule has 5 nitrogen and oxygen atoms in total. The molecule has 0 radical (unpaired) electrons. The second-order valence-corrected chi connectivity index (χ2v) is 8.37. The van der Waals surface area contributed by atoms with Crippen molar-refractivity contribution in [1.29, 1.82) is 0 Å². The van der Waals surface area contributed by atoms with Gasteiger partial charge in [0.15, 0.2) is 0 Å². The van der Waals surface area contributed by atoms with Gasteiger partial charge in [0.2, 0.25) is 0 Å². The summed E-state index contributed by atoms with van der Waals surface area (Å²) in [6.45, 7) is 10.6. The number of amides is 1. The monoisotopic (exact) mass is 284 g/mol. The van der Waals surface area contributed by atoms with Crippen molar-refractivity contribution in [3.05, 3.63) is 0 Å². The summed E-state index contributed by atoms with van der Waals surface area (Å²) in [5.74, 6) is 0. The van der Waals surface area contributed by atoms with E-state index in [9.17, 15) is 9.90 Å². The van der Waals surface area contributed by atoms with Crippen LogP contribution in [0.4, 0.5) is 4.79 Å². The van der Waals surface area contributed by atoms with E-state index in [0.717, 1.165) is 6.42 Å². The molecule has 1 aliphatic heterocycles. The highest BCUT2D eigenvalue weighted by Crippen LogP contribution is 2.50. The molecule has 1 aliphatic carbocycles. The van der Waals surface area contributed by atoms with Crippen LogP contribution in [0.15, 0.2) is 0 Å². The fourth-order valence-corrected chi connectivity index (χ4v) is 3.32. The molecule has 1 saturated carbocycles. The Hall–Kier alpha value is -0.810. The van der Waals surface area contributed by atoms with Crippen LogP contribution in [-0.4, -0.2) is 45.9 Å². The number of likely N-dealkylation sites (tertiary alicyclic amines) is 1. The summed E-state index contributed by atoms with van der Waals surface area (Å²) in [5.41, 5.74) is 4.41. The molecule has 3 N–H and O–H groups in total. The Labute approximate surface area is 121 Å². The van der Waals surface area contributed by atoms with E-state index >= 15 is 0 Å². The Balaban J connectivity index is 1.96. The van der Waals surface area contributed by atoms with Crippen molar-refractivity contribution >= 4 is 6.09 Å². The summed E-state index contributed by atoms with van der Waals surface area (Å²) in [5, 5.41) is 10.8. The van der Waals surface area contributed by atoms with Crippen molar-refractivity contribution in [2.75, 3.05) is 13.1 Å². The number of nitrogens with two attached hydrogens (primary N) is 1. The highest BCUT2D eigenvalue weighted by atomic mass is 16.6. The van der Waals surface area contributed by atoms with Crippen molar-refractivity contribution in [3.8, 4) is 0 Å². The predicted molar refractivity (Wildman–Crippen MR) is 77.3 cm³/mol. The van der Waals surface area contributed by atoms with E-state index in [1.165, 1.54) is 0 Å². The number of rotatable bonds is 1. The minimum atomic E-state index is -0.866. The Morgan fingerprint density at radius 1 is 1.25 bits per heavy atom. The average Bonchev–Trinajstić information content (AvgIpc) is 2.46. The molecule has 1 amide bonds. The first kappa shape index (κ1) is 15.6. The first-order chi connectivity index (χ1) is 8.86. The lowest BCUT2D eigenvalue weighted by atomic mass is 9.72. The van der Waals surface area contributed by atoms with E-state index in [2.05, 4.69) is 13.8 Å². The molecular weight excluding hydrogens is 256 g/mol. The molecule has 0 spiro atoms. The summed E-state index contributed by atoms with van der Waals surface area (Å²) in [6.07, 6.45) is 2.02. The van der Waals surface area contributed by atoms with Gasteiger partial charge in [0.1, 0.15) is 5.60 Å². The second kappa shape index (κ2) is 4.34. The van der Waals surface area contributed by atoms with Crippen LogP contribution in [0.25, 0.3) is 0 Å². The molecule has 1 heterocycles. The van der Waals surface area contributed by atoms with Crippen LogP contribution in [0.3, 0.4) is 0 Å². The lowest BCUT2D eigenvalue weighted by molar-refractivity contribution is -0.105. The van der Waals surface area contributed by atoms with Gasteiger partial charge in [-0.3, -0.25) is 0 Å². The van der Waals surface area contributed by atoms with Crippen LogP contribution in [0, 0.1) is 5.41 Å². The van der Waals surface area contributed by atoms with Gasteiger partial charge in [-0.05, 0) is 45.4 Å². The van der Waals surface area contributed by atoms with Gasteiger partial charge in [0.05, 0.1) is 11.1 Å². The first-order valence-corrected chi connectivity index (χ1v) is 7.35. The number of hydrogen-bond acceptors (Lipinski definition) is 4. The predicted octanol–water partition coefficient (Wildman–Crippen LogP) is 1.88. The van der Waals surface area contributed by atoms with Gasteiger partial charge < -0.3 is 20.5 Å². The third-order valence-electron chi connectivity index (χ3n) is 4.51. The molecule has 1 atom stereocenters. The lowest BCUT2D eigenvalue weighted by Gasteiger charge is -2.54. The summed E-state index contributed by atoms with van der Waals surface area (Å²) >= 11 is 0. The third kappa shape index (κ3) is 2.79. The van der Waals surface area contributed by atoms with E-state index < -0.39 is 16.7 Å². The highest BCUT2D eigenvalue weighted by Gasteiger charge is 2.60. The Morgan fingerprint density at radius 2 is 1.80 bits per heavy atom. The molecule has 0 aromatic rings. The molecule has 5 heteroatoms. The zero-order valence-electron chi connectivity index (χ0n) is 13.3. The summed E-state index contributed by atoms with van der Waals surface area (Å²) in [6, 6.07) is 0. The minimum absolute atomic E-state index is 0.119. The van der Waals surface area contributed by atoms with Crippen molar-refractivity contribution in [2.45, 2.75) is 70.6 Å². The fourth-order valence-electron chi connectivity index (χ4n) is 3.32. The van der Waals surface area contributed by atoms with Gasteiger partial charge in [-0.1, -0.05) is 13.8 Å². The van der Waals surface area contributed by atoms with Crippen molar-refractivity contribution in [3.63, 3.8) is 0 Å². The molecule has 2 rings (SSSR count). The van der Waals surface area contributed by atoms with Gasteiger partial charge in [-0.25, -0.2) is 4.79 Å². The number of ether oxygens (including phenoxy) is 1.